The Bertz CT molecular complexity index is 437. The molecular weight excluding hydrogens is 216 g/mol. The maximum Gasteiger partial charge on any atom is 0.312 e. The summed E-state index contributed by atoms with van der Waals surface area (Å²) in [5.41, 5.74) is 3.46. The van der Waals surface area contributed by atoms with Crippen LogP contribution in [-0.4, -0.2) is 19.2 Å². The fourth-order valence-corrected chi connectivity index (χ4v) is 2.20. The van der Waals surface area contributed by atoms with Crippen LogP contribution in [0.3, 0.4) is 0 Å². The van der Waals surface area contributed by atoms with Crippen molar-refractivity contribution in [2.24, 2.45) is 5.92 Å². The van der Waals surface area contributed by atoms with Crippen LogP contribution in [0.5, 0.6) is 5.75 Å². The molecule has 1 unspecified atom stereocenters. The number of esters is 1. The van der Waals surface area contributed by atoms with Crippen molar-refractivity contribution >= 4 is 5.97 Å². The minimum absolute atomic E-state index is 0.154. The molecule has 1 aromatic carbocycles. The second kappa shape index (κ2) is 4.78. The Labute approximate surface area is 102 Å². The largest absolute Gasteiger partial charge is 0.492 e. The van der Waals surface area contributed by atoms with Gasteiger partial charge in [-0.2, -0.15) is 0 Å². The van der Waals surface area contributed by atoms with Crippen molar-refractivity contribution in [3.8, 4) is 5.75 Å². The summed E-state index contributed by atoms with van der Waals surface area (Å²) < 4.78 is 10.8. The molecule has 1 atom stereocenters. The van der Waals surface area contributed by atoms with Gasteiger partial charge in [0.1, 0.15) is 12.4 Å². The summed E-state index contributed by atoms with van der Waals surface area (Å²) in [5, 5.41) is 0. The Morgan fingerprint density at radius 2 is 2.12 bits per heavy atom. The van der Waals surface area contributed by atoms with Crippen LogP contribution in [0.1, 0.15) is 23.6 Å². The minimum atomic E-state index is -0.164. The highest BCUT2D eigenvalue weighted by Gasteiger charge is 2.28. The third-order valence-corrected chi connectivity index (χ3v) is 3.19. The minimum Gasteiger partial charge on any atom is -0.492 e. The van der Waals surface area contributed by atoms with Crippen molar-refractivity contribution in [3.63, 3.8) is 0 Å². The van der Waals surface area contributed by atoms with Crippen LogP contribution in [0.2, 0.25) is 0 Å². The lowest BCUT2D eigenvalue weighted by atomic mass is 9.92. The van der Waals surface area contributed by atoms with Crippen molar-refractivity contribution in [2.45, 2.75) is 27.2 Å². The van der Waals surface area contributed by atoms with Crippen LogP contribution in [0.25, 0.3) is 0 Å². The first kappa shape index (κ1) is 12.0. The van der Waals surface area contributed by atoms with E-state index in [1.54, 1.807) is 0 Å². The van der Waals surface area contributed by atoms with Gasteiger partial charge in [-0.15, -0.1) is 0 Å². The molecule has 92 valence electrons. The highest BCUT2D eigenvalue weighted by Crippen LogP contribution is 2.33. The van der Waals surface area contributed by atoms with E-state index in [1.165, 1.54) is 5.56 Å². The van der Waals surface area contributed by atoms with Crippen molar-refractivity contribution in [1.29, 1.82) is 0 Å². The first-order valence-electron chi connectivity index (χ1n) is 6.02. The van der Waals surface area contributed by atoms with Crippen LogP contribution in [0.15, 0.2) is 12.1 Å². The summed E-state index contributed by atoms with van der Waals surface area (Å²) in [6, 6.07) is 4.13. The predicted molar refractivity (Wildman–Crippen MR) is 65.2 cm³/mol. The van der Waals surface area contributed by atoms with E-state index in [-0.39, 0.29) is 11.9 Å². The van der Waals surface area contributed by atoms with Gasteiger partial charge < -0.3 is 9.47 Å². The summed E-state index contributed by atoms with van der Waals surface area (Å²) in [6.07, 6.45) is 0.724. The molecule has 3 heteroatoms. The molecule has 1 aromatic rings. The molecule has 0 bridgehead atoms. The predicted octanol–water partition coefficient (Wildman–Crippen LogP) is 2.42. The number of aryl methyl sites for hydroxylation is 2. The van der Waals surface area contributed by atoms with Gasteiger partial charge in [0, 0.05) is 0 Å². The lowest BCUT2D eigenvalue weighted by molar-refractivity contribution is -0.149. The van der Waals surface area contributed by atoms with Crippen LogP contribution in [-0.2, 0) is 16.0 Å². The Balaban J connectivity index is 2.24. The summed E-state index contributed by atoms with van der Waals surface area (Å²) in [7, 11) is 0. The molecule has 0 spiro atoms. The van der Waals surface area contributed by atoms with Gasteiger partial charge in [0.25, 0.3) is 0 Å². The van der Waals surface area contributed by atoms with Crippen LogP contribution < -0.4 is 4.74 Å². The molecule has 0 fully saturated rings. The fourth-order valence-electron chi connectivity index (χ4n) is 2.20. The van der Waals surface area contributed by atoms with Crippen LogP contribution in [0, 0.1) is 19.8 Å². The number of carbonyl (C=O) groups is 1. The summed E-state index contributed by atoms with van der Waals surface area (Å²) in [4.78, 5) is 11.7. The van der Waals surface area contributed by atoms with Crippen LogP contribution >= 0.6 is 0 Å². The van der Waals surface area contributed by atoms with Gasteiger partial charge in [0.15, 0.2) is 0 Å². The zero-order chi connectivity index (χ0) is 12.4. The number of fused-ring (bicyclic) bond motifs is 1. The van der Waals surface area contributed by atoms with Crippen molar-refractivity contribution in [1.82, 2.24) is 0 Å². The Hall–Kier alpha value is -1.51. The quantitative estimate of drug-likeness (QED) is 0.737. The van der Waals surface area contributed by atoms with E-state index in [0.717, 1.165) is 23.3 Å². The number of rotatable bonds is 2. The van der Waals surface area contributed by atoms with Gasteiger partial charge in [0.05, 0.1) is 12.5 Å². The molecule has 17 heavy (non-hydrogen) atoms. The number of hydrogen-bond acceptors (Lipinski definition) is 3. The number of hydrogen-bond donors (Lipinski definition) is 0. The first-order chi connectivity index (χ1) is 8.13. The third kappa shape index (κ3) is 2.28. The van der Waals surface area contributed by atoms with Crippen molar-refractivity contribution in [3.05, 3.63) is 28.8 Å². The number of carbonyl (C=O) groups excluding carboxylic acids is 1. The van der Waals surface area contributed by atoms with E-state index in [4.69, 9.17) is 9.47 Å². The molecule has 0 amide bonds. The Kier molecular flexibility index (Phi) is 3.36. The fraction of sp³-hybridized carbons (Fsp3) is 0.500. The molecule has 3 nitrogen and oxygen atoms in total. The third-order valence-electron chi connectivity index (χ3n) is 3.19. The molecule has 0 N–H and O–H groups in total. The van der Waals surface area contributed by atoms with E-state index < -0.39 is 0 Å². The molecule has 0 saturated heterocycles. The van der Waals surface area contributed by atoms with Gasteiger partial charge in [-0.3, -0.25) is 4.79 Å². The molecule has 0 radical (unpaired) electrons. The lowest BCUT2D eigenvalue weighted by Gasteiger charge is -2.26. The number of benzene rings is 1. The van der Waals surface area contributed by atoms with Gasteiger partial charge in [-0.25, -0.2) is 0 Å². The summed E-state index contributed by atoms with van der Waals surface area (Å²) in [6.45, 7) is 6.76. The summed E-state index contributed by atoms with van der Waals surface area (Å²) >= 11 is 0. The standard InChI is InChI=1S/C14H18O3/c1-4-16-14(15)11-7-12-9(2)5-6-10(3)13(12)17-8-11/h5-6,11H,4,7-8H2,1-3H3. The van der Waals surface area contributed by atoms with E-state index in [1.807, 2.05) is 13.8 Å². The van der Waals surface area contributed by atoms with Crippen molar-refractivity contribution in [2.75, 3.05) is 13.2 Å². The van der Waals surface area contributed by atoms with E-state index in [0.29, 0.717) is 13.2 Å². The van der Waals surface area contributed by atoms with Gasteiger partial charge >= 0.3 is 5.97 Å². The smallest absolute Gasteiger partial charge is 0.312 e. The van der Waals surface area contributed by atoms with Crippen molar-refractivity contribution < 1.29 is 14.3 Å². The zero-order valence-electron chi connectivity index (χ0n) is 10.6. The maximum atomic E-state index is 11.7. The average Bonchev–Trinajstić information content (AvgIpc) is 2.34. The summed E-state index contributed by atoms with van der Waals surface area (Å²) in [5.74, 6) is 0.632. The molecule has 2 rings (SSSR count). The molecular formula is C14H18O3. The number of ether oxygens (including phenoxy) is 2. The molecule has 1 aliphatic heterocycles. The second-order valence-electron chi connectivity index (χ2n) is 4.47. The normalized spacial score (nSPS) is 18.2. The molecule has 0 aliphatic carbocycles. The van der Waals surface area contributed by atoms with Gasteiger partial charge in [-0.05, 0) is 43.9 Å². The highest BCUT2D eigenvalue weighted by atomic mass is 16.5. The second-order valence-corrected chi connectivity index (χ2v) is 4.47. The molecule has 1 heterocycles. The lowest BCUT2D eigenvalue weighted by Crippen LogP contribution is -2.30. The van der Waals surface area contributed by atoms with Gasteiger partial charge in [-0.1, -0.05) is 12.1 Å². The van der Waals surface area contributed by atoms with Gasteiger partial charge in [0.2, 0.25) is 0 Å². The van der Waals surface area contributed by atoms with Crippen LogP contribution in [0.4, 0.5) is 0 Å². The molecule has 0 saturated carbocycles. The maximum absolute atomic E-state index is 11.7. The molecule has 1 aliphatic rings. The SMILES string of the molecule is CCOC(=O)C1COc2c(C)ccc(C)c2C1. The average molecular weight is 234 g/mol. The Morgan fingerprint density at radius 3 is 2.82 bits per heavy atom. The van der Waals surface area contributed by atoms with E-state index in [2.05, 4.69) is 19.1 Å². The van der Waals surface area contributed by atoms with E-state index in [9.17, 15) is 4.79 Å². The van der Waals surface area contributed by atoms with E-state index >= 15 is 0 Å². The highest BCUT2D eigenvalue weighted by molar-refractivity contribution is 5.74. The topological polar surface area (TPSA) is 35.5 Å². The zero-order valence-corrected chi connectivity index (χ0v) is 10.6. The first-order valence-corrected chi connectivity index (χ1v) is 6.02. The Morgan fingerprint density at radius 1 is 1.41 bits per heavy atom. The monoisotopic (exact) mass is 234 g/mol. The molecule has 0 aromatic heterocycles.